The van der Waals surface area contributed by atoms with Crippen molar-refractivity contribution in [1.29, 1.82) is 0 Å². The monoisotopic (exact) mass is 313 g/mol. The number of nitrogens with zero attached hydrogens (tertiary/aromatic N) is 2. The van der Waals surface area contributed by atoms with Crippen LogP contribution in [-0.2, 0) is 6.54 Å². The standard InChI is InChI=1S/C13H20BrN3O/c1-3-16-8-10(14)6-12(16)13(18)17-5-4-11(15)9(2)7-17/h6,8-9,11H,3-5,7,15H2,1-2H3. The van der Waals surface area contributed by atoms with E-state index in [1.165, 1.54) is 0 Å². The minimum atomic E-state index is 0.112. The lowest BCUT2D eigenvalue weighted by Crippen LogP contribution is -2.48. The first kappa shape index (κ1) is 13.6. The van der Waals surface area contributed by atoms with Crippen LogP contribution in [0.2, 0.25) is 0 Å². The van der Waals surface area contributed by atoms with E-state index in [1.54, 1.807) is 0 Å². The van der Waals surface area contributed by atoms with Gasteiger partial charge in [-0.1, -0.05) is 6.92 Å². The van der Waals surface area contributed by atoms with Gasteiger partial charge >= 0.3 is 0 Å². The summed E-state index contributed by atoms with van der Waals surface area (Å²) in [5, 5.41) is 0. The molecule has 100 valence electrons. The maximum atomic E-state index is 12.5. The Morgan fingerprint density at radius 3 is 2.94 bits per heavy atom. The molecule has 1 amide bonds. The third kappa shape index (κ3) is 2.62. The summed E-state index contributed by atoms with van der Waals surface area (Å²) in [4.78, 5) is 14.4. The molecule has 1 aromatic rings. The average molecular weight is 314 g/mol. The van der Waals surface area contributed by atoms with Crippen molar-refractivity contribution in [2.75, 3.05) is 13.1 Å². The van der Waals surface area contributed by atoms with Crippen molar-refractivity contribution >= 4 is 21.8 Å². The summed E-state index contributed by atoms with van der Waals surface area (Å²) in [6.45, 7) is 6.47. The van der Waals surface area contributed by atoms with Crippen molar-refractivity contribution in [1.82, 2.24) is 9.47 Å². The Kier molecular flexibility index (Phi) is 4.12. The number of aromatic nitrogens is 1. The molecule has 2 N–H and O–H groups in total. The molecule has 1 aliphatic heterocycles. The fourth-order valence-electron chi connectivity index (χ4n) is 2.43. The molecule has 1 saturated heterocycles. The van der Waals surface area contributed by atoms with E-state index in [1.807, 2.05) is 28.7 Å². The molecule has 1 aromatic heterocycles. The maximum Gasteiger partial charge on any atom is 0.270 e. The van der Waals surface area contributed by atoms with Gasteiger partial charge in [-0.25, -0.2) is 0 Å². The number of nitrogens with two attached hydrogens (primary N) is 1. The average Bonchev–Trinajstić information content (AvgIpc) is 2.73. The Hall–Kier alpha value is -0.810. The van der Waals surface area contributed by atoms with E-state index in [9.17, 15) is 4.79 Å². The van der Waals surface area contributed by atoms with Gasteiger partial charge in [0, 0.05) is 36.3 Å². The Labute approximate surface area is 116 Å². The number of rotatable bonds is 2. The second-order valence-corrected chi connectivity index (χ2v) is 5.93. The molecule has 2 rings (SSSR count). The normalized spacial score (nSPS) is 24.3. The summed E-state index contributed by atoms with van der Waals surface area (Å²) >= 11 is 3.43. The summed E-state index contributed by atoms with van der Waals surface area (Å²) < 4.78 is 2.93. The van der Waals surface area contributed by atoms with Gasteiger partial charge in [0.15, 0.2) is 0 Å². The molecule has 0 spiro atoms. The van der Waals surface area contributed by atoms with Crippen LogP contribution in [0.1, 0.15) is 30.8 Å². The van der Waals surface area contributed by atoms with Crippen molar-refractivity contribution in [2.45, 2.75) is 32.9 Å². The van der Waals surface area contributed by atoms with Gasteiger partial charge in [-0.2, -0.15) is 0 Å². The quantitative estimate of drug-likeness (QED) is 0.909. The van der Waals surface area contributed by atoms with Crippen molar-refractivity contribution < 1.29 is 4.79 Å². The third-order valence-corrected chi connectivity index (χ3v) is 4.12. The highest BCUT2D eigenvalue weighted by molar-refractivity contribution is 9.10. The Bertz CT molecular complexity index is 443. The van der Waals surface area contributed by atoms with Crippen molar-refractivity contribution in [3.05, 3.63) is 22.4 Å². The number of carbonyl (C=O) groups excluding carboxylic acids is 1. The first-order chi connectivity index (χ1) is 8.52. The largest absolute Gasteiger partial charge is 0.343 e. The van der Waals surface area contributed by atoms with Crippen LogP contribution in [0.4, 0.5) is 0 Å². The molecule has 0 saturated carbocycles. The molecule has 0 aliphatic carbocycles. The van der Waals surface area contributed by atoms with Crippen LogP contribution in [0, 0.1) is 5.92 Å². The Morgan fingerprint density at radius 1 is 1.61 bits per heavy atom. The number of likely N-dealkylation sites (tertiary alicyclic amines) is 1. The highest BCUT2D eigenvalue weighted by Gasteiger charge is 2.28. The van der Waals surface area contributed by atoms with Gasteiger partial charge in [-0.15, -0.1) is 0 Å². The third-order valence-electron chi connectivity index (χ3n) is 3.68. The van der Waals surface area contributed by atoms with Crippen LogP contribution in [-0.4, -0.2) is 34.5 Å². The summed E-state index contributed by atoms with van der Waals surface area (Å²) in [7, 11) is 0. The fourth-order valence-corrected chi connectivity index (χ4v) is 2.89. The SMILES string of the molecule is CCn1cc(Br)cc1C(=O)N1CCC(N)C(C)C1. The molecule has 18 heavy (non-hydrogen) atoms. The Morgan fingerprint density at radius 2 is 2.33 bits per heavy atom. The van der Waals surface area contributed by atoms with E-state index >= 15 is 0 Å². The van der Waals surface area contributed by atoms with Gasteiger partial charge in [-0.05, 0) is 41.3 Å². The number of hydrogen-bond acceptors (Lipinski definition) is 2. The number of amides is 1. The van der Waals surface area contributed by atoms with Crippen molar-refractivity contribution in [2.24, 2.45) is 11.7 Å². The zero-order valence-corrected chi connectivity index (χ0v) is 12.5. The Balaban J connectivity index is 2.16. The van der Waals surface area contributed by atoms with E-state index in [-0.39, 0.29) is 11.9 Å². The summed E-state index contributed by atoms with van der Waals surface area (Å²) in [6, 6.07) is 2.11. The highest BCUT2D eigenvalue weighted by Crippen LogP contribution is 2.20. The minimum Gasteiger partial charge on any atom is -0.343 e. The smallest absolute Gasteiger partial charge is 0.270 e. The number of halogens is 1. The summed E-state index contributed by atoms with van der Waals surface area (Å²) in [5.41, 5.74) is 6.75. The molecule has 0 radical (unpaired) electrons. The van der Waals surface area contributed by atoms with Crippen LogP contribution in [0.25, 0.3) is 0 Å². The molecule has 1 fully saturated rings. The predicted octanol–water partition coefficient (Wildman–Crippen LogP) is 2.08. The fraction of sp³-hybridized carbons (Fsp3) is 0.615. The lowest BCUT2D eigenvalue weighted by atomic mass is 9.94. The van der Waals surface area contributed by atoms with Crippen LogP contribution < -0.4 is 5.73 Å². The number of aryl methyl sites for hydroxylation is 1. The van der Waals surface area contributed by atoms with Gasteiger partial charge in [0.25, 0.3) is 5.91 Å². The minimum absolute atomic E-state index is 0.112. The lowest BCUT2D eigenvalue weighted by Gasteiger charge is -2.35. The predicted molar refractivity (Wildman–Crippen MR) is 75.5 cm³/mol. The molecule has 2 unspecified atom stereocenters. The summed E-state index contributed by atoms with van der Waals surface area (Å²) in [5.74, 6) is 0.484. The van der Waals surface area contributed by atoms with E-state index in [0.29, 0.717) is 5.92 Å². The number of carbonyl (C=O) groups is 1. The highest BCUT2D eigenvalue weighted by atomic mass is 79.9. The lowest BCUT2D eigenvalue weighted by molar-refractivity contribution is 0.0653. The van der Waals surface area contributed by atoms with Crippen LogP contribution in [0.15, 0.2) is 16.7 Å². The maximum absolute atomic E-state index is 12.5. The van der Waals surface area contributed by atoms with Crippen molar-refractivity contribution in [3.63, 3.8) is 0 Å². The van der Waals surface area contributed by atoms with E-state index in [2.05, 4.69) is 22.9 Å². The zero-order chi connectivity index (χ0) is 13.3. The van der Waals surface area contributed by atoms with Gasteiger partial charge in [-0.3, -0.25) is 4.79 Å². The molecular formula is C13H20BrN3O. The van der Waals surface area contributed by atoms with Crippen molar-refractivity contribution in [3.8, 4) is 0 Å². The molecule has 0 aromatic carbocycles. The molecule has 2 heterocycles. The molecule has 1 aliphatic rings. The summed E-state index contributed by atoms with van der Waals surface area (Å²) in [6.07, 6.45) is 2.84. The molecule has 4 nitrogen and oxygen atoms in total. The van der Waals surface area contributed by atoms with E-state index in [0.717, 1.165) is 36.2 Å². The second-order valence-electron chi connectivity index (χ2n) is 5.01. The van der Waals surface area contributed by atoms with Crippen LogP contribution in [0.5, 0.6) is 0 Å². The zero-order valence-electron chi connectivity index (χ0n) is 10.9. The molecule has 0 bridgehead atoms. The topological polar surface area (TPSA) is 51.3 Å². The van der Waals surface area contributed by atoms with E-state index in [4.69, 9.17) is 5.73 Å². The van der Waals surface area contributed by atoms with Crippen LogP contribution >= 0.6 is 15.9 Å². The van der Waals surface area contributed by atoms with Gasteiger partial charge in [0.1, 0.15) is 5.69 Å². The number of hydrogen-bond donors (Lipinski definition) is 1. The van der Waals surface area contributed by atoms with Crippen LogP contribution in [0.3, 0.4) is 0 Å². The number of piperidine rings is 1. The molecular weight excluding hydrogens is 294 g/mol. The first-order valence-corrected chi connectivity index (χ1v) is 7.22. The molecule has 5 heteroatoms. The molecule has 2 atom stereocenters. The van der Waals surface area contributed by atoms with E-state index < -0.39 is 0 Å². The second kappa shape index (κ2) is 5.45. The van der Waals surface area contributed by atoms with Gasteiger partial charge in [0.2, 0.25) is 0 Å². The van der Waals surface area contributed by atoms with Gasteiger partial charge < -0.3 is 15.2 Å². The first-order valence-electron chi connectivity index (χ1n) is 6.43. The van der Waals surface area contributed by atoms with Gasteiger partial charge in [0.05, 0.1) is 0 Å².